The molecule has 0 radical (unpaired) electrons. The van der Waals surface area contributed by atoms with Gasteiger partial charge in [0, 0.05) is 49.0 Å². The van der Waals surface area contributed by atoms with E-state index in [1.807, 2.05) is 6.92 Å². The van der Waals surface area contributed by atoms with Crippen LogP contribution in [0.2, 0.25) is 0 Å². The summed E-state index contributed by atoms with van der Waals surface area (Å²) in [7, 11) is 1.35. The van der Waals surface area contributed by atoms with Crippen LogP contribution in [0.5, 0.6) is 17.2 Å². The summed E-state index contributed by atoms with van der Waals surface area (Å²) in [5.74, 6) is -2.37. The fourth-order valence-corrected chi connectivity index (χ4v) is 7.02. The second kappa shape index (κ2) is 13.3. The molecule has 1 aliphatic heterocycles. The van der Waals surface area contributed by atoms with Crippen LogP contribution < -0.4 is 4.74 Å². The van der Waals surface area contributed by atoms with Gasteiger partial charge in [0.15, 0.2) is 17.9 Å². The van der Waals surface area contributed by atoms with Crippen LogP contribution in [0.4, 0.5) is 0 Å². The number of hydrogen-bond donors (Lipinski definition) is 4. The smallest absolute Gasteiger partial charge is 0.202 e. The van der Waals surface area contributed by atoms with E-state index in [-0.39, 0.29) is 40.8 Å². The van der Waals surface area contributed by atoms with E-state index in [1.54, 1.807) is 6.92 Å². The molecule has 4 N–H and O–H groups in total. The number of aliphatic hydroxyl groups is 2. The fourth-order valence-electron chi connectivity index (χ4n) is 7.02. The van der Waals surface area contributed by atoms with Gasteiger partial charge in [-0.2, -0.15) is 0 Å². The molecule has 5 rings (SSSR count). The number of phenols is 2. The number of hydrogen-bond acceptors (Lipinski definition) is 11. The maximum absolute atomic E-state index is 13.9. The molecule has 6 atom stereocenters. The number of rotatable bonds is 9. The van der Waals surface area contributed by atoms with Gasteiger partial charge in [-0.05, 0) is 39.7 Å². The molecule has 2 aromatic rings. The molecule has 2 aliphatic carbocycles. The van der Waals surface area contributed by atoms with Crippen LogP contribution in [0.15, 0.2) is 23.2 Å². The van der Waals surface area contributed by atoms with E-state index in [2.05, 4.69) is 18.7 Å². The lowest BCUT2D eigenvalue weighted by molar-refractivity contribution is -0.247. The summed E-state index contributed by atoms with van der Waals surface area (Å²) in [5, 5.41) is 45.8. The van der Waals surface area contributed by atoms with E-state index in [0.717, 1.165) is 31.8 Å². The Hall–Kier alpha value is -3.84. The fraction of sp³-hybridized carbons (Fsp3) is 0.543. The molecule has 47 heavy (non-hydrogen) atoms. The van der Waals surface area contributed by atoms with Crippen LogP contribution >= 0.6 is 0 Å². The maximum Gasteiger partial charge on any atom is 0.202 e. The lowest BCUT2D eigenvalue weighted by atomic mass is 9.72. The van der Waals surface area contributed by atoms with Gasteiger partial charge in [-0.15, -0.1) is 0 Å². The van der Waals surface area contributed by atoms with Gasteiger partial charge < -0.3 is 39.5 Å². The van der Waals surface area contributed by atoms with Gasteiger partial charge in [0.2, 0.25) is 5.78 Å². The summed E-state index contributed by atoms with van der Waals surface area (Å²) < 4.78 is 17.7. The molecular weight excluding hydrogens is 608 g/mol. The van der Waals surface area contributed by atoms with E-state index in [9.17, 15) is 34.8 Å². The number of aliphatic imine (C=N–C) groups is 1. The number of carbonyl (C=O) groups is 3. The Bertz CT molecular complexity index is 1610. The van der Waals surface area contributed by atoms with Crippen molar-refractivity contribution >= 4 is 23.2 Å². The second-order valence-electron chi connectivity index (χ2n) is 12.7. The molecule has 4 unspecified atom stereocenters. The predicted octanol–water partition coefficient (Wildman–Crippen LogP) is 3.61. The van der Waals surface area contributed by atoms with Crippen molar-refractivity contribution in [3.05, 3.63) is 51.6 Å². The second-order valence-corrected chi connectivity index (χ2v) is 12.7. The SMILES string of the molecule is CCCN(CCC)C(C)=N[C@@H]1CC(O[C@H]2CC(O)(C(C)=O)Cc3c(O)c4c(c(O)c32)C(=O)c2c(OC)cccc2C4=O)OC(C)C1O. The first-order valence-electron chi connectivity index (χ1n) is 16.2. The van der Waals surface area contributed by atoms with Gasteiger partial charge in [-0.25, -0.2) is 0 Å². The van der Waals surface area contributed by atoms with E-state index in [1.165, 1.54) is 32.2 Å². The third-order valence-electron chi connectivity index (χ3n) is 9.52. The number of aromatic hydroxyl groups is 2. The van der Waals surface area contributed by atoms with Gasteiger partial charge in [0.05, 0.1) is 47.9 Å². The normalized spacial score (nSPS) is 27.1. The van der Waals surface area contributed by atoms with Crippen molar-refractivity contribution in [2.45, 2.75) is 103 Å². The standard InChI is InChI=1S/C35H44N2O10/c1-7-12-37(13-8-2)19(5)36-22-14-25(46-17(3)30(22)39)47-24-16-35(44,18(4)38)15-21-27(24)34(43)29-28(32(21)41)31(40)20-10-9-11-23(45-6)26(20)33(29)42/h9-11,17,22,24-25,30,39,41,43-44H,7-8,12-16H2,1-6H3/t17?,22-,24+,25?,30?,35?/m1/s1. The van der Waals surface area contributed by atoms with Crippen LogP contribution in [0.1, 0.15) is 109 Å². The van der Waals surface area contributed by atoms with E-state index in [0.29, 0.717) is 0 Å². The van der Waals surface area contributed by atoms with E-state index < -0.39 is 82.6 Å². The molecule has 254 valence electrons. The predicted molar refractivity (Wildman–Crippen MR) is 171 cm³/mol. The number of nitrogens with zero attached hydrogens (tertiary/aromatic N) is 2. The zero-order chi connectivity index (χ0) is 34.4. The molecule has 1 fully saturated rings. The highest BCUT2D eigenvalue weighted by Crippen LogP contribution is 2.52. The van der Waals surface area contributed by atoms with Crippen LogP contribution in [0.3, 0.4) is 0 Å². The third-order valence-corrected chi connectivity index (χ3v) is 9.52. The molecule has 0 spiro atoms. The number of Topliss-reactive ketones (excluding diaryl/α,β-unsaturated/α-hetero) is 1. The van der Waals surface area contributed by atoms with Crippen molar-refractivity contribution in [3.8, 4) is 17.2 Å². The van der Waals surface area contributed by atoms with Crippen molar-refractivity contribution in [1.82, 2.24) is 4.90 Å². The highest BCUT2D eigenvalue weighted by Gasteiger charge is 2.49. The summed E-state index contributed by atoms with van der Waals surface area (Å²) in [6, 6.07) is 3.87. The minimum absolute atomic E-state index is 0.0107. The number of phenolic OH excluding ortho intramolecular Hbond substituents is 2. The molecule has 2 aromatic carbocycles. The maximum atomic E-state index is 13.9. The van der Waals surface area contributed by atoms with Crippen molar-refractivity contribution in [1.29, 1.82) is 0 Å². The Kier molecular flexibility index (Phi) is 9.79. The first kappa shape index (κ1) is 34.5. The minimum Gasteiger partial charge on any atom is -0.507 e. The van der Waals surface area contributed by atoms with Gasteiger partial charge in [-0.3, -0.25) is 19.4 Å². The average Bonchev–Trinajstić information content (AvgIpc) is 3.03. The highest BCUT2D eigenvalue weighted by atomic mass is 16.7. The first-order chi connectivity index (χ1) is 22.3. The summed E-state index contributed by atoms with van der Waals surface area (Å²) in [6.07, 6.45) is -2.68. The van der Waals surface area contributed by atoms with Crippen LogP contribution in [0.25, 0.3) is 0 Å². The molecule has 12 heteroatoms. The summed E-state index contributed by atoms with van der Waals surface area (Å²) in [6.45, 7) is 10.6. The molecule has 0 bridgehead atoms. The number of carbonyl (C=O) groups excluding carboxylic acids is 3. The topological polar surface area (TPSA) is 175 Å². The number of amidine groups is 1. The lowest BCUT2D eigenvalue weighted by Crippen LogP contribution is -2.49. The number of fused-ring (bicyclic) bond motifs is 3. The zero-order valence-corrected chi connectivity index (χ0v) is 27.7. The van der Waals surface area contributed by atoms with Crippen LogP contribution in [-0.2, 0) is 20.7 Å². The molecule has 1 saturated heterocycles. The van der Waals surface area contributed by atoms with E-state index in [4.69, 9.17) is 19.2 Å². The lowest BCUT2D eigenvalue weighted by Gasteiger charge is -2.42. The van der Waals surface area contributed by atoms with Crippen molar-refractivity contribution < 1.29 is 49.0 Å². The number of aliphatic hydroxyl groups excluding tert-OH is 1. The quantitative estimate of drug-likeness (QED) is 0.151. The number of ketones is 3. The Morgan fingerprint density at radius 3 is 2.34 bits per heavy atom. The number of methoxy groups -OCH3 is 1. The molecule has 0 amide bonds. The third kappa shape index (κ3) is 6.03. The van der Waals surface area contributed by atoms with E-state index >= 15 is 0 Å². The largest absolute Gasteiger partial charge is 0.507 e. The molecule has 0 saturated carbocycles. The van der Waals surface area contributed by atoms with Crippen molar-refractivity contribution in [2.24, 2.45) is 4.99 Å². The summed E-state index contributed by atoms with van der Waals surface area (Å²) >= 11 is 0. The van der Waals surface area contributed by atoms with Crippen LogP contribution in [-0.4, -0.2) is 98.9 Å². The van der Waals surface area contributed by atoms with Crippen molar-refractivity contribution in [2.75, 3.05) is 20.2 Å². The summed E-state index contributed by atoms with van der Waals surface area (Å²) in [4.78, 5) is 47.3. The molecule has 0 aromatic heterocycles. The monoisotopic (exact) mass is 652 g/mol. The Morgan fingerprint density at radius 1 is 1.06 bits per heavy atom. The molecule has 12 nitrogen and oxygen atoms in total. The highest BCUT2D eigenvalue weighted by molar-refractivity contribution is 6.31. The number of ether oxygens (including phenoxy) is 3. The Morgan fingerprint density at radius 2 is 1.72 bits per heavy atom. The molecular formula is C35H44N2O10. The summed E-state index contributed by atoms with van der Waals surface area (Å²) in [5.41, 5.74) is -3.02. The van der Waals surface area contributed by atoms with Gasteiger partial charge in [0.25, 0.3) is 0 Å². The average molecular weight is 653 g/mol. The Labute approximate surface area is 274 Å². The van der Waals surface area contributed by atoms with Gasteiger partial charge in [-0.1, -0.05) is 26.0 Å². The minimum atomic E-state index is -2.02. The zero-order valence-electron chi connectivity index (χ0n) is 27.7. The van der Waals surface area contributed by atoms with Gasteiger partial charge >= 0.3 is 0 Å². The van der Waals surface area contributed by atoms with Crippen molar-refractivity contribution in [3.63, 3.8) is 0 Å². The van der Waals surface area contributed by atoms with Crippen LogP contribution in [0, 0.1) is 0 Å². The number of benzene rings is 2. The first-order valence-corrected chi connectivity index (χ1v) is 16.2. The molecule has 3 aliphatic rings. The molecule has 1 heterocycles. The van der Waals surface area contributed by atoms with Gasteiger partial charge in [0.1, 0.15) is 29.0 Å². The Balaban J connectivity index is 1.57.